The van der Waals surface area contributed by atoms with Crippen LogP contribution in [0.2, 0.25) is 0 Å². The Bertz CT molecular complexity index is 625. The second-order valence-corrected chi connectivity index (χ2v) is 5.05. The number of fused-ring (bicyclic) bond motifs is 1. The number of carbonyl (C=O) groups excluding carboxylic acids is 1. The van der Waals surface area contributed by atoms with Gasteiger partial charge < -0.3 is 0 Å². The quantitative estimate of drug-likeness (QED) is 0.797. The molecular weight excluding hydrogens is 224 g/mol. The Morgan fingerprint density at radius 2 is 2.19 bits per heavy atom. The molecule has 2 heterocycles. The van der Waals surface area contributed by atoms with Crippen molar-refractivity contribution in [3.63, 3.8) is 0 Å². The summed E-state index contributed by atoms with van der Waals surface area (Å²) in [6.45, 7) is 5.43. The monoisotopic (exact) mass is 236 g/mol. The Kier molecular flexibility index (Phi) is 2.63. The zero-order valence-corrected chi connectivity index (χ0v) is 10.2. The van der Waals surface area contributed by atoms with E-state index in [1.54, 1.807) is 0 Å². The number of aromatic nitrogens is 2. The first-order chi connectivity index (χ1) is 7.50. The van der Waals surface area contributed by atoms with Gasteiger partial charge in [0.05, 0.1) is 18.3 Å². The van der Waals surface area contributed by atoms with Crippen LogP contribution in [0.1, 0.15) is 17.4 Å². The molecule has 0 fully saturated rings. The summed E-state index contributed by atoms with van der Waals surface area (Å²) in [7, 11) is 0. The first kappa shape index (κ1) is 11.0. The topological polar surface area (TPSA) is 52.0 Å². The molecule has 0 spiro atoms. The fourth-order valence-electron chi connectivity index (χ4n) is 1.62. The number of aryl methyl sites for hydroxylation is 2. The predicted molar refractivity (Wildman–Crippen MR) is 64.0 cm³/mol. The molecule has 0 aliphatic heterocycles. The maximum absolute atomic E-state index is 12.1. The van der Waals surface area contributed by atoms with E-state index in [1.165, 1.54) is 29.2 Å². The van der Waals surface area contributed by atoms with E-state index in [0.717, 1.165) is 15.3 Å². The van der Waals surface area contributed by atoms with Crippen LogP contribution in [-0.4, -0.2) is 15.3 Å². The largest absolute Gasteiger partial charge is 0.298 e. The van der Waals surface area contributed by atoms with Crippen molar-refractivity contribution in [2.24, 2.45) is 0 Å². The molecule has 2 aromatic rings. The van der Waals surface area contributed by atoms with E-state index >= 15 is 0 Å². The lowest BCUT2D eigenvalue weighted by Crippen LogP contribution is -2.23. The zero-order chi connectivity index (χ0) is 11.9. The summed E-state index contributed by atoms with van der Waals surface area (Å²) in [6, 6.07) is 0. The number of hydrogen-bond acceptors (Lipinski definition) is 4. The van der Waals surface area contributed by atoms with Gasteiger partial charge in [0.1, 0.15) is 10.6 Å². The first-order valence-corrected chi connectivity index (χ1v) is 5.77. The molecule has 0 saturated carbocycles. The molecule has 16 heavy (non-hydrogen) atoms. The standard InChI is InChI=1S/C11H12N2O2S/c1-6(14)4-13-5-12-10-9(11(13)15)7(2)8(3)16-10/h5H,4H2,1-3H3. The van der Waals surface area contributed by atoms with E-state index in [-0.39, 0.29) is 17.9 Å². The van der Waals surface area contributed by atoms with Crippen LogP contribution < -0.4 is 5.56 Å². The first-order valence-electron chi connectivity index (χ1n) is 4.95. The Morgan fingerprint density at radius 3 is 2.81 bits per heavy atom. The summed E-state index contributed by atoms with van der Waals surface area (Å²) in [5, 5.41) is 0.645. The predicted octanol–water partition coefficient (Wildman–Crippen LogP) is 1.66. The summed E-state index contributed by atoms with van der Waals surface area (Å²) >= 11 is 1.51. The minimum Gasteiger partial charge on any atom is -0.298 e. The van der Waals surface area contributed by atoms with Gasteiger partial charge >= 0.3 is 0 Å². The van der Waals surface area contributed by atoms with E-state index in [1.807, 2.05) is 13.8 Å². The van der Waals surface area contributed by atoms with Gasteiger partial charge in [0, 0.05) is 4.88 Å². The average molecular weight is 236 g/mol. The molecule has 0 N–H and O–H groups in total. The lowest BCUT2D eigenvalue weighted by molar-refractivity contribution is -0.117. The normalized spacial score (nSPS) is 10.9. The molecule has 0 unspecified atom stereocenters. The van der Waals surface area contributed by atoms with Crippen LogP contribution in [0.15, 0.2) is 11.1 Å². The number of rotatable bonds is 2. The Balaban J connectivity index is 2.73. The minimum atomic E-state index is -0.123. The number of carbonyl (C=O) groups is 1. The smallest absolute Gasteiger partial charge is 0.262 e. The molecule has 5 heteroatoms. The van der Waals surface area contributed by atoms with Gasteiger partial charge in [0.2, 0.25) is 0 Å². The molecule has 0 aliphatic rings. The molecule has 0 aromatic carbocycles. The van der Waals surface area contributed by atoms with Crippen molar-refractivity contribution in [2.75, 3.05) is 0 Å². The van der Waals surface area contributed by atoms with Crippen LogP contribution in [0.5, 0.6) is 0 Å². The second kappa shape index (κ2) is 3.83. The van der Waals surface area contributed by atoms with Crippen molar-refractivity contribution in [3.05, 3.63) is 27.1 Å². The zero-order valence-electron chi connectivity index (χ0n) is 9.40. The van der Waals surface area contributed by atoms with Gasteiger partial charge in [0.25, 0.3) is 5.56 Å². The third-order valence-electron chi connectivity index (χ3n) is 2.55. The van der Waals surface area contributed by atoms with Gasteiger partial charge in [-0.2, -0.15) is 0 Å². The van der Waals surface area contributed by atoms with E-state index in [0.29, 0.717) is 5.39 Å². The summed E-state index contributed by atoms with van der Waals surface area (Å²) in [5.41, 5.74) is 0.845. The highest BCUT2D eigenvalue weighted by molar-refractivity contribution is 7.18. The van der Waals surface area contributed by atoms with Crippen molar-refractivity contribution in [1.29, 1.82) is 0 Å². The molecule has 2 rings (SSSR count). The van der Waals surface area contributed by atoms with E-state index in [2.05, 4.69) is 4.98 Å². The minimum absolute atomic E-state index is 0.0483. The second-order valence-electron chi connectivity index (χ2n) is 3.84. The highest BCUT2D eigenvalue weighted by Crippen LogP contribution is 2.25. The Morgan fingerprint density at radius 1 is 1.50 bits per heavy atom. The van der Waals surface area contributed by atoms with Crippen molar-refractivity contribution >= 4 is 27.3 Å². The molecule has 0 radical (unpaired) electrons. The van der Waals surface area contributed by atoms with Crippen molar-refractivity contribution in [3.8, 4) is 0 Å². The Labute approximate surface area is 96.6 Å². The lowest BCUT2D eigenvalue weighted by atomic mass is 10.2. The van der Waals surface area contributed by atoms with Crippen molar-refractivity contribution in [2.45, 2.75) is 27.3 Å². The van der Waals surface area contributed by atoms with Crippen molar-refractivity contribution < 1.29 is 4.79 Å². The van der Waals surface area contributed by atoms with Crippen LogP contribution >= 0.6 is 11.3 Å². The molecular formula is C11H12N2O2S. The Hall–Kier alpha value is -1.49. The van der Waals surface area contributed by atoms with Crippen LogP contribution in [-0.2, 0) is 11.3 Å². The number of ketones is 1. The fraction of sp³-hybridized carbons (Fsp3) is 0.364. The van der Waals surface area contributed by atoms with Gasteiger partial charge in [-0.15, -0.1) is 11.3 Å². The van der Waals surface area contributed by atoms with Gasteiger partial charge in [0.15, 0.2) is 0 Å². The number of Topliss-reactive ketones (excluding diaryl/α,β-unsaturated/α-hetero) is 1. The molecule has 2 aromatic heterocycles. The number of hydrogen-bond donors (Lipinski definition) is 0. The van der Waals surface area contributed by atoms with Crippen molar-refractivity contribution in [1.82, 2.24) is 9.55 Å². The van der Waals surface area contributed by atoms with Gasteiger partial charge in [-0.05, 0) is 26.3 Å². The third-order valence-corrected chi connectivity index (χ3v) is 3.66. The molecule has 0 saturated heterocycles. The number of nitrogens with zero attached hydrogens (tertiary/aromatic N) is 2. The van der Waals surface area contributed by atoms with Crippen LogP contribution in [0, 0.1) is 13.8 Å². The lowest BCUT2D eigenvalue weighted by Gasteiger charge is -2.01. The summed E-state index contributed by atoms with van der Waals surface area (Å²) in [6.07, 6.45) is 1.45. The summed E-state index contributed by atoms with van der Waals surface area (Å²) in [5.74, 6) is -0.0483. The molecule has 0 atom stereocenters. The molecule has 0 bridgehead atoms. The molecule has 84 valence electrons. The highest BCUT2D eigenvalue weighted by atomic mass is 32.1. The highest BCUT2D eigenvalue weighted by Gasteiger charge is 2.12. The maximum atomic E-state index is 12.1. The molecule has 4 nitrogen and oxygen atoms in total. The molecule has 0 amide bonds. The molecule has 0 aliphatic carbocycles. The fourth-order valence-corrected chi connectivity index (χ4v) is 2.61. The van der Waals surface area contributed by atoms with E-state index in [4.69, 9.17) is 0 Å². The van der Waals surface area contributed by atoms with Crippen LogP contribution in [0.4, 0.5) is 0 Å². The van der Waals surface area contributed by atoms with Crippen LogP contribution in [0.3, 0.4) is 0 Å². The average Bonchev–Trinajstić information content (AvgIpc) is 2.48. The summed E-state index contributed by atoms with van der Waals surface area (Å²) < 4.78 is 1.36. The van der Waals surface area contributed by atoms with Gasteiger partial charge in [-0.1, -0.05) is 0 Å². The third kappa shape index (κ3) is 1.67. The van der Waals surface area contributed by atoms with Crippen LogP contribution in [0.25, 0.3) is 10.2 Å². The maximum Gasteiger partial charge on any atom is 0.262 e. The van der Waals surface area contributed by atoms with Gasteiger partial charge in [-0.25, -0.2) is 4.98 Å². The van der Waals surface area contributed by atoms with E-state index in [9.17, 15) is 9.59 Å². The number of thiophene rings is 1. The summed E-state index contributed by atoms with van der Waals surface area (Å²) in [4.78, 5) is 29.1. The van der Waals surface area contributed by atoms with E-state index < -0.39 is 0 Å². The SMILES string of the molecule is CC(=O)Cn1cnc2sc(C)c(C)c2c1=O. The van der Waals surface area contributed by atoms with Gasteiger partial charge in [-0.3, -0.25) is 14.2 Å².